The number of rotatable bonds is 7. The van der Waals surface area contributed by atoms with Crippen molar-refractivity contribution in [3.8, 4) is 5.75 Å². The molecule has 2 saturated heterocycles. The smallest absolute Gasteiger partial charge is 0.221 e. The molecule has 1 atom stereocenters. The monoisotopic (exact) mass is 345 g/mol. The highest BCUT2D eigenvalue weighted by molar-refractivity contribution is 5.76. The number of piperidine rings is 1. The maximum Gasteiger partial charge on any atom is 0.221 e. The molecule has 2 aliphatic heterocycles. The first-order valence-electron chi connectivity index (χ1n) is 9.58. The summed E-state index contributed by atoms with van der Waals surface area (Å²) in [6.45, 7) is 5.11. The van der Waals surface area contributed by atoms with Crippen molar-refractivity contribution < 1.29 is 9.53 Å². The number of benzene rings is 1. The number of hydrogen-bond donors (Lipinski definition) is 2. The fourth-order valence-electron chi connectivity index (χ4n) is 3.82. The average Bonchev–Trinajstić information content (AvgIpc) is 3.15. The minimum absolute atomic E-state index is 0.208. The molecule has 1 aromatic carbocycles. The molecule has 138 valence electrons. The third kappa shape index (κ3) is 5.72. The van der Waals surface area contributed by atoms with Crippen LogP contribution in [-0.4, -0.2) is 50.1 Å². The van der Waals surface area contributed by atoms with Crippen LogP contribution in [0.25, 0.3) is 0 Å². The topological polar surface area (TPSA) is 53.6 Å². The van der Waals surface area contributed by atoms with Gasteiger partial charge in [-0.1, -0.05) is 12.1 Å². The van der Waals surface area contributed by atoms with E-state index in [0.29, 0.717) is 18.4 Å². The van der Waals surface area contributed by atoms with Gasteiger partial charge < -0.3 is 15.4 Å². The first kappa shape index (κ1) is 18.2. The first-order valence-corrected chi connectivity index (χ1v) is 9.58. The van der Waals surface area contributed by atoms with Gasteiger partial charge in [-0.25, -0.2) is 0 Å². The van der Waals surface area contributed by atoms with E-state index in [4.69, 9.17) is 4.74 Å². The lowest BCUT2D eigenvalue weighted by atomic mass is 9.96. The van der Waals surface area contributed by atoms with Crippen LogP contribution >= 0.6 is 0 Å². The molecular formula is C20H31N3O2. The molecule has 0 radical (unpaired) electrons. The van der Waals surface area contributed by atoms with E-state index in [0.717, 1.165) is 57.7 Å². The van der Waals surface area contributed by atoms with Crippen molar-refractivity contribution in [2.24, 2.45) is 5.92 Å². The van der Waals surface area contributed by atoms with Crippen molar-refractivity contribution >= 4 is 5.91 Å². The minimum atomic E-state index is 0.208. The van der Waals surface area contributed by atoms with Crippen molar-refractivity contribution in [2.45, 2.75) is 44.7 Å². The highest BCUT2D eigenvalue weighted by Gasteiger charge is 2.21. The Morgan fingerprint density at radius 1 is 1.24 bits per heavy atom. The fourth-order valence-corrected chi connectivity index (χ4v) is 3.82. The second kappa shape index (κ2) is 9.20. The van der Waals surface area contributed by atoms with Crippen molar-refractivity contribution in [3.05, 3.63) is 29.8 Å². The number of nitrogens with one attached hydrogen (secondary N) is 2. The van der Waals surface area contributed by atoms with Gasteiger partial charge in [-0.15, -0.1) is 0 Å². The van der Waals surface area contributed by atoms with Crippen LogP contribution in [0.4, 0.5) is 0 Å². The van der Waals surface area contributed by atoms with E-state index in [-0.39, 0.29) is 5.91 Å². The van der Waals surface area contributed by atoms with Gasteiger partial charge in [0.2, 0.25) is 5.91 Å². The van der Waals surface area contributed by atoms with E-state index in [9.17, 15) is 4.79 Å². The zero-order chi connectivity index (χ0) is 17.5. The largest absolute Gasteiger partial charge is 0.497 e. The Morgan fingerprint density at radius 3 is 2.64 bits per heavy atom. The molecule has 5 nitrogen and oxygen atoms in total. The van der Waals surface area contributed by atoms with Crippen LogP contribution in [0.3, 0.4) is 0 Å². The zero-order valence-corrected chi connectivity index (χ0v) is 15.3. The lowest BCUT2D eigenvalue weighted by Gasteiger charge is -2.32. The Hall–Kier alpha value is -1.59. The molecule has 1 amide bonds. The van der Waals surface area contributed by atoms with Gasteiger partial charge in [0.05, 0.1) is 7.11 Å². The van der Waals surface area contributed by atoms with Gasteiger partial charge in [0.1, 0.15) is 5.75 Å². The molecule has 0 spiro atoms. The minimum Gasteiger partial charge on any atom is -0.497 e. The number of likely N-dealkylation sites (tertiary alicyclic amines) is 1. The molecule has 25 heavy (non-hydrogen) atoms. The van der Waals surface area contributed by atoms with Gasteiger partial charge in [0, 0.05) is 25.6 Å². The summed E-state index contributed by atoms with van der Waals surface area (Å²) in [4.78, 5) is 14.5. The van der Waals surface area contributed by atoms with Crippen LogP contribution in [0.15, 0.2) is 24.3 Å². The van der Waals surface area contributed by atoms with Gasteiger partial charge in [0.15, 0.2) is 0 Å². The number of hydrogen-bond acceptors (Lipinski definition) is 4. The molecule has 0 aromatic heterocycles. The van der Waals surface area contributed by atoms with E-state index in [1.165, 1.54) is 12.0 Å². The lowest BCUT2D eigenvalue weighted by Crippen LogP contribution is -2.39. The quantitative estimate of drug-likeness (QED) is 0.795. The first-order chi connectivity index (χ1) is 12.2. The summed E-state index contributed by atoms with van der Waals surface area (Å²) in [5.41, 5.74) is 1.33. The Bertz CT molecular complexity index is 532. The summed E-state index contributed by atoms with van der Waals surface area (Å²) < 4.78 is 5.21. The number of amides is 1. The maximum atomic E-state index is 12.0. The molecular weight excluding hydrogens is 314 g/mol. The van der Waals surface area contributed by atoms with Crippen LogP contribution in [0.1, 0.15) is 37.7 Å². The van der Waals surface area contributed by atoms with Gasteiger partial charge in [0.25, 0.3) is 0 Å². The van der Waals surface area contributed by atoms with Crippen molar-refractivity contribution in [1.82, 2.24) is 15.5 Å². The Morgan fingerprint density at radius 2 is 2.00 bits per heavy atom. The van der Waals surface area contributed by atoms with Crippen LogP contribution in [0, 0.1) is 5.92 Å². The molecule has 0 aliphatic carbocycles. The van der Waals surface area contributed by atoms with E-state index in [2.05, 4.69) is 27.7 Å². The van der Waals surface area contributed by atoms with Gasteiger partial charge in [-0.05, 0) is 68.9 Å². The van der Waals surface area contributed by atoms with Crippen LogP contribution in [0.2, 0.25) is 0 Å². The normalized spacial score (nSPS) is 22.0. The van der Waals surface area contributed by atoms with E-state index < -0.39 is 0 Å². The number of ether oxygens (including phenoxy) is 1. The summed E-state index contributed by atoms with van der Waals surface area (Å²) in [6.07, 6.45) is 5.30. The molecule has 1 aromatic rings. The Kier molecular flexibility index (Phi) is 6.70. The molecule has 0 saturated carbocycles. The number of carbonyl (C=O) groups excluding carboxylic acids is 1. The van der Waals surface area contributed by atoms with Crippen LogP contribution in [0.5, 0.6) is 5.75 Å². The summed E-state index contributed by atoms with van der Waals surface area (Å²) in [5.74, 6) is 1.73. The summed E-state index contributed by atoms with van der Waals surface area (Å²) in [5, 5.41) is 6.53. The average molecular weight is 345 g/mol. The molecule has 5 heteroatoms. The van der Waals surface area contributed by atoms with E-state index in [1.54, 1.807) is 7.11 Å². The van der Waals surface area contributed by atoms with Gasteiger partial charge in [-0.2, -0.15) is 0 Å². The van der Waals surface area contributed by atoms with E-state index >= 15 is 0 Å². The van der Waals surface area contributed by atoms with Crippen molar-refractivity contribution in [2.75, 3.05) is 33.3 Å². The van der Waals surface area contributed by atoms with Gasteiger partial charge in [-0.3, -0.25) is 9.69 Å². The molecule has 2 fully saturated rings. The molecule has 0 bridgehead atoms. The summed E-state index contributed by atoms with van der Waals surface area (Å²) in [7, 11) is 1.70. The zero-order valence-electron chi connectivity index (χ0n) is 15.3. The number of carbonyl (C=O) groups is 1. The third-order valence-electron chi connectivity index (χ3n) is 5.45. The number of methoxy groups -OCH3 is 1. The molecule has 3 rings (SSSR count). The predicted octanol–water partition coefficient (Wildman–Crippen LogP) is 2.17. The lowest BCUT2D eigenvalue weighted by molar-refractivity contribution is -0.121. The summed E-state index contributed by atoms with van der Waals surface area (Å²) >= 11 is 0. The standard InChI is InChI=1S/C20H31N3O2/c1-25-19-6-4-17(5-7-19)15-23-11-8-16(9-12-23)14-22-20(24)13-18-3-2-10-21-18/h4-7,16,18,21H,2-3,8-15H2,1H3,(H,22,24). The second-order valence-corrected chi connectivity index (χ2v) is 7.37. The van der Waals surface area contributed by atoms with Crippen LogP contribution < -0.4 is 15.4 Å². The molecule has 2 aliphatic rings. The van der Waals surface area contributed by atoms with Crippen molar-refractivity contribution in [3.63, 3.8) is 0 Å². The SMILES string of the molecule is COc1ccc(CN2CCC(CNC(=O)CC3CCCN3)CC2)cc1. The highest BCUT2D eigenvalue weighted by Crippen LogP contribution is 2.20. The predicted molar refractivity (Wildman–Crippen MR) is 99.6 cm³/mol. The molecule has 2 N–H and O–H groups in total. The highest BCUT2D eigenvalue weighted by atomic mass is 16.5. The maximum absolute atomic E-state index is 12.0. The molecule has 2 heterocycles. The third-order valence-corrected chi connectivity index (χ3v) is 5.45. The second-order valence-electron chi connectivity index (χ2n) is 7.37. The molecule has 1 unspecified atom stereocenters. The number of nitrogens with zero attached hydrogens (tertiary/aromatic N) is 1. The fraction of sp³-hybridized carbons (Fsp3) is 0.650. The Balaban J connectivity index is 1.33. The van der Waals surface area contributed by atoms with Crippen LogP contribution in [-0.2, 0) is 11.3 Å². The Labute approximate surface area is 151 Å². The van der Waals surface area contributed by atoms with Gasteiger partial charge >= 0.3 is 0 Å². The van der Waals surface area contributed by atoms with E-state index in [1.807, 2.05) is 12.1 Å². The van der Waals surface area contributed by atoms with Crippen molar-refractivity contribution in [1.29, 1.82) is 0 Å². The summed E-state index contributed by atoms with van der Waals surface area (Å²) in [6, 6.07) is 8.73.